The second-order valence-electron chi connectivity index (χ2n) is 6.51. The number of rotatable bonds is 7. The minimum atomic E-state index is -0.229. The third kappa shape index (κ3) is 5.12. The fraction of sp³-hybridized carbons (Fsp3) is 0.217. The van der Waals surface area contributed by atoms with Gasteiger partial charge in [-0.15, -0.1) is 0 Å². The molecule has 3 rings (SSSR count). The molecule has 1 heterocycles. The number of ether oxygens (including phenoxy) is 3. The SMILES string of the molecule is COc1ccc(Oc2cccc(NC(=O)c3ccc(C(C)OC)nc3C)c2)cc1. The Labute approximate surface area is 170 Å². The quantitative estimate of drug-likeness (QED) is 0.602. The van der Waals surface area contributed by atoms with E-state index >= 15 is 0 Å². The molecule has 0 saturated carbocycles. The fourth-order valence-corrected chi connectivity index (χ4v) is 2.78. The van der Waals surface area contributed by atoms with Crippen molar-refractivity contribution in [3.05, 3.63) is 77.6 Å². The van der Waals surface area contributed by atoms with Crippen molar-refractivity contribution in [3.8, 4) is 17.2 Å². The van der Waals surface area contributed by atoms with Crippen molar-refractivity contribution < 1.29 is 19.0 Å². The van der Waals surface area contributed by atoms with Gasteiger partial charge in [0.05, 0.1) is 30.2 Å². The van der Waals surface area contributed by atoms with Gasteiger partial charge in [0.15, 0.2) is 0 Å². The molecule has 0 aliphatic heterocycles. The molecule has 1 unspecified atom stereocenters. The largest absolute Gasteiger partial charge is 0.497 e. The van der Waals surface area contributed by atoms with E-state index in [1.54, 1.807) is 32.4 Å². The van der Waals surface area contributed by atoms with Gasteiger partial charge < -0.3 is 19.5 Å². The summed E-state index contributed by atoms with van der Waals surface area (Å²) in [7, 11) is 3.24. The molecule has 0 fully saturated rings. The van der Waals surface area contributed by atoms with E-state index in [0.29, 0.717) is 28.4 Å². The molecule has 0 aliphatic rings. The molecule has 29 heavy (non-hydrogen) atoms. The number of benzene rings is 2. The van der Waals surface area contributed by atoms with Gasteiger partial charge in [0, 0.05) is 18.9 Å². The number of hydrogen-bond acceptors (Lipinski definition) is 5. The monoisotopic (exact) mass is 392 g/mol. The summed E-state index contributed by atoms with van der Waals surface area (Å²) in [6.07, 6.45) is -0.127. The molecule has 1 atom stereocenters. The van der Waals surface area contributed by atoms with Gasteiger partial charge in [-0.3, -0.25) is 9.78 Å². The summed E-state index contributed by atoms with van der Waals surface area (Å²) in [5.41, 5.74) is 2.58. The van der Waals surface area contributed by atoms with Crippen LogP contribution < -0.4 is 14.8 Å². The van der Waals surface area contributed by atoms with E-state index in [1.165, 1.54) is 0 Å². The van der Waals surface area contributed by atoms with Crippen LogP contribution in [-0.4, -0.2) is 25.1 Å². The van der Waals surface area contributed by atoms with E-state index in [4.69, 9.17) is 14.2 Å². The lowest BCUT2D eigenvalue weighted by Gasteiger charge is -2.13. The van der Waals surface area contributed by atoms with Crippen molar-refractivity contribution in [1.82, 2.24) is 4.98 Å². The summed E-state index contributed by atoms with van der Waals surface area (Å²) in [5.74, 6) is 1.82. The number of anilines is 1. The standard InChI is InChI=1S/C23H24N2O4/c1-15-21(12-13-22(24-15)16(2)27-3)23(26)25-17-6-5-7-20(14-17)29-19-10-8-18(28-4)9-11-19/h5-14,16H,1-4H3,(H,25,26). The van der Waals surface area contributed by atoms with Gasteiger partial charge in [0.25, 0.3) is 5.91 Å². The Hall–Kier alpha value is -3.38. The highest BCUT2D eigenvalue weighted by molar-refractivity contribution is 6.05. The van der Waals surface area contributed by atoms with E-state index in [9.17, 15) is 4.79 Å². The first kappa shape index (κ1) is 20.4. The molecule has 2 aromatic carbocycles. The summed E-state index contributed by atoms with van der Waals surface area (Å²) < 4.78 is 16.3. The normalized spacial score (nSPS) is 11.6. The predicted molar refractivity (Wildman–Crippen MR) is 112 cm³/mol. The molecule has 0 bridgehead atoms. The van der Waals surface area contributed by atoms with Crippen molar-refractivity contribution in [1.29, 1.82) is 0 Å². The Bertz CT molecular complexity index is 986. The first-order valence-corrected chi connectivity index (χ1v) is 9.24. The molecule has 1 N–H and O–H groups in total. The summed E-state index contributed by atoms with van der Waals surface area (Å²) in [6, 6.07) is 18.1. The first-order chi connectivity index (χ1) is 14.0. The maximum atomic E-state index is 12.7. The van der Waals surface area contributed by atoms with Crippen LogP contribution in [0, 0.1) is 6.92 Å². The second kappa shape index (κ2) is 9.21. The Kier molecular flexibility index (Phi) is 6.46. The summed E-state index contributed by atoms with van der Waals surface area (Å²) in [6.45, 7) is 3.72. The number of hydrogen-bond donors (Lipinski definition) is 1. The van der Waals surface area contributed by atoms with Crippen molar-refractivity contribution in [3.63, 3.8) is 0 Å². The van der Waals surface area contributed by atoms with E-state index in [2.05, 4.69) is 10.3 Å². The number of methoxy groups -OCH3 is 2. The van der Waals surface area contributed by atoms with Crippen molar-refractivity contribution in [2.75, 3.05) is 19.5 Å². The first-order valence-electron chi connectivity index (χ1n) is 9.24. The third-order valence-electron chi connectivity index (χ3n) is 4.51. The smallest absolute Gasteiger partial charge is 0.257 e. The average molecular weight is 392 g/mol. The van der Waals surface area contributed by atoms with Crippen LogP contribution >= 0.6 is 0 Å². The van der Waals surface area contributed by atoms with Gasteiger partial charge >= 0.3 is 0 Å². The fourth-order valence-electron chi connectivity index (χ4n) is 2.78. The molecule has 1 amide bonds. The van der Waals surface area contributed by atoms with Crippen LogP contribution in [0.2, 0.25) is 0 Å². The Balaban J connectivity index is 1.71. The highest BCUT2D eigenvalue weighted by atomic mass is 16.5. The highest BCUT2D eigenvalue weighted by Gasteiger charge is 2.14. The topological polar surface area (TPSA) is 69.7 Å². The van der Waals surface area contributed by atoms with Crippen molar-refractivity contribution in [2.45, 2.75) is 20.0 Å². The summed E-state index contributed by atoms with van der Waals surface area (Å²) >= 11 is 0. The number of nitrogens with zero attached hydrogens (tertiary/aromatic N) is 1. The molecule has 150 valence electrons. The van der Waals surface area contributed by atoms with E-state index in [-0.39, 0.29) is 12.0 Å². The molecular formula is C23H24N2O4. The van der Waals surface area contributed by atoms with Crippen LogP contribution in [0.25, 0.3) is 0 Å². The van der Waals surface area contributed by atoms with Crippen LogP contribution in [0.15, 0.2) is 60.7 Å². The van der Waals surface area contributed by atoms with Gasteiger partial charge in [0.2, 0.25) is 0 Å². The van der Waals surface area contributed by atoms with Gasteiger partial charge in [-0.2, -0.15) is 0 Å². The number of pyridine rings is 1. The number of carbonyl (C=O) groups excluding carboxylic acids is 1. The molecule has 3 aromatic rings. The van der Waals surface area contributed by atoms with E-state index in [0.717, 1.165) is 11.4 Å². The zero-order valence-electron chi connectivity index (χ0n) is 16.9. The van der Waals surface area contributed by atoms with Crippen LogP contribution in [0.4, 0.5) is 5.69 Å². The zero-order chi connectivity index (χ0) is 20.8. The maximum absolute atomic E-state index is 12.7. The van der Waals surface area contributed by atoms with Crippen LogP contribution in [-0.2, 0) is 4.74 Å². The predicted octanol–water partition coefficient (Wildman–Crippen LogP) is 5.15. The van der Waals surface area contributed by atoms with Crippen LogP contribution in [0.1, 0.15) is 34.8 Å². The molecule has 1 aromatic heterocycles. The van der Waals surface area contributed by atoms with Crippen LogP contribution in [0.5, 0.6) is 17.2 Å². The number of nitrogens with one attached hydrogen (secondary N) is 1. The number of carbonyl (C=O) groups is 1. The minimum absolute atomic E-state index is 0.127. The van der Waals surface area contributed by atoms with E-state index < -0.39 is 0 Å². The Morgan fingerprint density at radius 1 is 0.966 bits per heavy atom. The molecule has 0 aliphatic carbocycles. The van der Waals surface area contributed by atoms with Gasteiger partial charge in [0.1, 0.15) is 17.2 Å². The lowest BCUT2D eigenvalue weighted by molar-refractivity contribution is 0.102. The van der Waals surface area contributed by atoms with Crippen molar-refractivity contribution >= 4 is 11.6 Å². The molecule has 6 nitrogen and oxygen atoms in total. The number of aryl methyl sites for hydroxylation is 1. The third-order valence-corrected chi connectivity index (χ3v) is 4.51. The van der Waals surface area contributed by atoms with Crippen LogP contribution in [0.3, 0.4) is 0 Å². The van der Waals surface area contributed by atoms with Gasteiger partial charge in [-0.1, -0.05) is 6.07 Å². The minimum Gasteiger partial charge on any atom is -0.497 e. The summed E-state index contributed by atoms with van der Waals surface area (Å²) in [4.78, 5) is 17.2. The molecule has 0 radical (unpaired) electrons. The second-order valence-corrected chi connectivity index (χ2v) is 6.51. The number of aromatic nitrogens is 1. The Morgan fingerprint density at radius 3 is 2.34 bits per heavy atom. The maximum Gasteiger partial charge on any atom is 0.257 e. The zero-order valence-corrected chi connectivity index (χ0v) is 16.9. The van der Waals surface area contributed by atoms with Gasteiger partial charge in [-0.05, 0) is 62.4 Å². The molecule has 6 heteroatoms. The lowest BCUT2D eigenvalue weighted by atomic mass is 10.1. The Morgan fingerprint density at radius 2 is 1.69 bits per heavy atom. The summed E-state index contributed by atoms with van der Waals surface area (Å²) in [5, 5.41) is 2.90. The van der Waals surface area contributed by atoms with Crippen molar-refractivity contribution in [2.24, 2.45) is 0 Å². The molecular weight excluding hydrogens is 368 g/mol. The van der Waals surface area contributed by atoms with E-state index in [1.807, 2.05) is 56.3 Å². The highest BCUT2D eigenvalue weighted by Crippen LogP contribution is 2.26. The molecule has 0 saturated heterocycles. The molecule has 0 spiro atoms. The van der Waals surface area contributed by atoms with Gasteiger partial charge in [-0.25, -0.2) is 0 Å². The lowest BCUT2D eigenvalue weighted by Crippen LogP contribution is -2.15. The number of amides is 1. The average Bonchev–Trinajstić information content (AvgIpc) is 2.73.